The van der Waals surface area contributed by atoms with Gasteiger partial charge in [0.15, 0.2) is 0 Å². The summed E-state index contributed by atoms with van der Waals surface area (Å²) in [5.41, 5.74) is 2.84. The summed E-state index contributed by atoms with van der Waals surface area (Å²) in [6, 6.07) is 3.21. The Hall–Kier alpha value is -1.72. The van der Waals surface area contributed by atoms with Crippen molar-refractivity contribution in [3.05, 3.63) is 43.0 Å². The van der Waals surface area contributed by atoms with Crippen molar-refractivity contribution in [3.8, 4) is 0 Å². The molecule has 2 aromatic rings. The second-order valence-electron chi connectivity index (χ2n) is 6.54. The molecule has 0 aliphatic rings. The van der Waals surface area contributed by atoms with Crippen LogP contribution in [-0.4, -0.2) is 29.2 Å². The van der Waals surface area contributed by atoms with Crippen LogP contribution in [0, 0.1) is 0 Å². The molecule has 5 heteroatoms. The first-order chi connectivity index (χ1) is 10.5. The third-order valence-electron chi connectivity index (χ3n) is 3.59. The lowest BCUT2D eigenvalue weighted by molar-refractivity contribution is 0.0899. The minimum atomic E-state index is -1.05. The fourth-order valence-electron chi connectivity index (χ4n) is 2.23. The van der Waals surface area contributed by atoms with E-state index in [4.69, 9.17) is 4.74 Å². The Kier molecular flexibility index (Phi) is 5.31. The molecule has 0 unspecified atom stereocenters. The molecule has 0 spiro atoms. The van der Waals surface area contributed by atoms with E-state index >= 15 is 0 Å². The van der Waals surface area contributed by atoms with E-state index in [1.54, 1.807) is 6.33 Å². The highest BCUT2D eigenvalue weighted by Gasteiger charge is 2.13. The van der Waals surface area contributed by atoms with E-state index in [1.807, 2.05) is 35.9 Å². The molecule has 0 fully saturated rings. The van der Waals surface area contributed by atoms with E-state index in [0.29, 0.717) is 6.73 Å². The van der Waals surface area contributed by atoms with E-state index in [9.17, 15) is 0 Å². The maximum absolute atomic E-state index is 5.82. The Bertz CT molecular complexity index is 683. The predicted octanol–water partition coefficient (Wildman–Crippen LogP) is 4.33. The molecular weight excluding hydrogens is 290 g/mol. The number of aromatic nitrogens is 3. The van der Waals surface area contributed by atoms with Crippen molar-refractivity contribution < 1.29 is 4.74 Å². The fraction of sp³-hybridized carbons (Fsp3) is 0.412. The number of rotatable bonds is 7. The first-order valence-corrected chi connectivity index (χ1v) is 11.3. The normalized spacial score (nSPS) is 12.8. The zero-order chi connectivity index (χ0) is 16.2. The van der Waals surface area contributed by atoms with Crippen molar-refractivity contribution in [2.24, 2.45) is 0 Å². The van der Waals surface area contributed by atoms with E-state index in [0.717, 1.165) is 28.9 Å². The van der Waals surface area contributed by atoms with Gasteiger partial charge in [-0.3, -0.25) is 0 Å². The third-order valence-corrected chi connectivity index (χ3v) is 5.29. The van der Waals surface area contributed by atoms with Gasteiger partial charge in [0.2, 0.25) is 0 Å². The maximum atomic E-state index is 5.82. The van der Waals surface area contributed by atoms with Crippen LogP contribution in [0.3, 0.4) is 0 Å². The van der Waals surface area contributed by atoms with E-state index < -0.39 is 8.07 Å². The van der Waals surface area contributed by atoms with Gasteiger partial charge in [0.25, 0.3) is 0 Å². The monoisotopic (exact) mass is 315 g/mol. The molecule has 0 aliphatic carbocycles. The van der Waals surface area contributed by atoms with Gasteiger partial charge in [-0.05, 0) is 24.6 Å². The van der Waals surface area contributed by atoms with Crippen LogP contribution >= 0.6 is 0 Å². The van der Waals surface area contributed by atoms with Crippen molar-refractivity contribution in [1.29, 1.82) is 0 Å². The minimum Gasteiger partial charge on any atom is -0.361 e. The SMILES string of the molecule is C=C/C(=C\C)c1ncnc2c1ccn2COCC[Si](C)(C)C. The van der Waals surface area contributed by atoms with Gasteiger partial charge in [-0.25, -0.2) is 9.97 Å². The predicted molar refractivity (Wildman–Crippen MR) is 95.5 cm³/mol. The van der Waals surface area contributed by atoms with Crippen LogP contribution in [0.15, 0.2) is 37.3 Å². The molecule has 2 heterocycles. The molecule has 0 radical (unpaired) electrons. The zero-order valence-electron chi connectivity index (χ0n) is 14.0. The molecule has 4 nitrogen and oxygen atoms in total. The molecule has 2 aromatic heterocycles. The molecule has 0 N–H and O–H groups in total. The van der Waals surface area contributed by atoms with Crippen molar-refractivity contribution in [2.45, 2.75) is 39.3 Å². The lowest BCUT2D eigenvalue weighted by atomic mass is 10.1. The number of hydrogen-bond donors (Lipinski definition) is 0. The maximum Gasteiger partial charge on any atom is 0.145 e. The van der Waals surface area contributed by atoms with Gasteiger partial charge in [-0.1, -0.05) is 38.4 Å². The molecule has 22 heavy (non-hydrogen) atoms. The summed E-state index contributed by atoms with van der Waals surface area (Å²) in [6.45, 7) is 14.2. The number of hydrogen-bond acceptors (Lipinski definition) is 3. The van der Waals surface area contributed by atoms with Gasteiger partial charge in [-0.2, -0.15) is 0 Å². The van der Waals surface area contributed by atoms with Crippen LogP contribution in [0.4, 0.5) is 0 Å². The Morgan fingerprint density at radius 2 is 2.14 bits per heavy atom. The zero-order valence-corrected chi connectivity index (χ0v) is 15.0. The number of allylic oxidation sites excluding steroid dienone is 3. The van der Waals surface area contributed by atoms with E-state index in [2.05, 4.69) is 36.2 Å². The van der Waals surface area contributed by atoms with Crippen molar-refractivity contribution in [2.75, 3.05) is 6.61 Å². The summed E-state index contributed by atoms with van der Waals surface area (Å²) in [4.78, 5) is 8.79. The Morgan fingerprint density at radius 3 is 2.77 bits per heavy atom. The van der Waals surface area contributed by atoms with Gasteiger partial charge in [0.1, 0.15) is 18.7 Å². The number of nitrogens with zero attached hydrogens (tertiary/aromatic N) is 3. The highest BCUT2D eigenvalue weighted by molar-refractivity contribution is 6.76. The minimum absolute atomic E-state index is 0.531. The van der Waals surface area contributed by atoms with E-state index in [1.165, 1.54) is 6.04 Å². The molecule has 0 aliphatic heterocycles. The fourth-order valence-corrected chi connectivity index (χ4v) is 2.99. The first kappa shape index (κ1) is 16.6. The Morgan fingerprint density at radius 1 is 1.36 bits per heavy atom. The summed E-state index contributed by atoms with van der Waals surface area (Å²) in [5, 5.41) is 1.03. The highest BCUT2D eigenvalue weighted by atomic mass is 28.3. The van der Waals surface area contributed by atoms with Gasteiger partial charge < -0.3 is 9.30 Å². The summed E-state index contributed by atoms with van der Waals surface area (Å²) in [7, 11) is -1.05. The first-order valence-electron chi connectivity index (χ1n) is 7.63. The van der Waals surface area contributed by atoms with Crippen LogP contribution in [-0.2, 0) is 11.5 Å². The topological polar surface area (TPSA) is 39.9 Å². The number of ether oxygens (including phenoxy) is 1. The standard InChI is InChI=1S/C17H25N3OSi/c1-6-14(7-2)16-15-8-9-20(17(15)19-12-18-16)13-21-10-11-22(3,4)5/h6-9,12H,1,10-11,13H2,2-5H3/b14-7+. The molecule has 0 amide bonds. The van der Waals surface area contributed by atoms with Gasteiger partial charge in [-0.15, -0.1) is 0 Å². The summed E-state index contributed by atoms with van der Waals surface area (Å²) in [6.07, 6.45) is 7.44. The summed E-state index contributed by atoms with van der Waals surface area (Å²) < 4.78 is 7.85. The van der Waals surface area contributed by atoms with Crippen molar-refractivity contribution >= 4 is 24.7 Å². The Labute approximate surface area is 133 Å². The van der Waals surface area contributed by atoms with Crippen LogP contribution < -0.4 is 0 Å². The molecule has 0 aromatic carbocycles. The molecule has 0 saturated heterocycles. The summed E-state index contributed by atoms with van der Waals surface area (Å²) >= 11 is 0. The lowest BCUT2D eigenvalue weighted by Crippen LogP contribution is -2.22. The highest BCUT2D eigenvalue weighted by Crippen LogP contribution is 2.23. The second kappa shape index (κ2) is 7.02. The average Bonchev–Trinajstić information content (AvgIpc) is 2.88. The second-order valence-corrected chi connectivity index (χ2v) is 12.2. The molecule has 0 saturated carbocycles. The van der Waals surface area contributed by atoms with Crippen LogP contribution in [0.1, 0.15) is 12.6 Å². The van der Waals surface area contributed by atoms with E-state index in [-0.39, 0.29) is 0 Å². The smallest absolute Gasteiger partial charge is 0.145 e. The van der Waals surface area contributed by atoms with Crippen LogP contribution in [0.2, 0.25) is 25.7 Å². The van der Waals surface area contributed by atoms with Crippen molar-refractivity contribution in [1.82, 2.24) is 14.5 Å². The molecule has 2 rings (SSSR count). The van der Waals surface area contributed by atoms with Crippen molar-refractivity contribution in [3.63, 3.8) is 0 Å². The van der Waals surface area contributed by atoms with Gasteiger partial charge in [0.05, 0.1) is 5.69 Å². The van der Waals surface area contributed by atoms with Crippen LogP contribution in [0.25, 0.3) is 16.6 Å². The average molecular weight is 315 g/mol. The third kappa shape index (κ3) is 3.93. The van der Waals surface area contributed by atoms with Crippen LogP contribution in [0.5, 0.6) is 0 Å². The number of fused-ring (bicyclic) bond motifs is 1. The quantitative estimate of drug-likeness (QED) is 0.434. The molecule has 118 valence electrons. The Balaban J connectivity index is 2.16. The van der Waals surface area contributed by atoms with Gasteiger partial charge in [0, 0.05) is 26.3 Å². The lowest BCUT2D eigenvalue weighted by Gasteiger charge is -2.15. The molecule has 0 atom stereocenters. The molecular formula is C17H25N3OSi. The van der Waals surface area contributed by atoms with Gasteiger partial charge >= 0.3 is 0 Å². The molecule has 0 bridgehead atoms. The largest absolute Gasteiger partial charge is 0.361 e. The summed E-state index contributed by atoms with van der Waals surface area (Å²) in [5.74, 6) is 0.